The molecular weight excluding hydrogens is 146 g/mol. The Morgan fingerprint density at radius 1 is 1.08 bits per heavy atom. The first-order chi connectivity index (χ1) is 5.68. The van der Waals surface area contributed by atoms with Gasteiger partial charge in [-0.2, -0.15) is 0 Å². The van der Waals surface area contributed by atoms with Crippen molar-refractivity contribution in [1.29, 1.82) is 0 Å². The van der Waals surface area contributed by atoms with Crippen LogP contribution in [-0.4, -0.2) is 24.0 Å². The van der Waals surface area contributed by atoms with E-state index >= 15 is 0 Å². The summed E-state index contributed by atoms with van der Waals surface area (Å²) in [7, 11) is 2.32. The second-order valence-electron chi connectivity index (χ2n) is 5.03. The van der Waals surface area contributed by atoms with E-state index in [0.29, 0.717) is 0 Å². The molecule has 0 saturated carbocycles. The van der Waals surface area contributed by atoms with Gasteiger partial charge in [-0.15, -0.1) is 0 Å². The molecule has 0 N–H and O–H groups in total. The van der Waals surface area contributed by atoms with Gasteiger partial charge in [0.15, 0.2) is 0 Å². The Kier molecular flexibility index (Phi) is 2.16. The van der Waals surface area contributed by atoms with Gasteiger partial charge >= 0.3 is 0 Å². The van der Waals surface area contributed by atoms with Crippen LogP contribution in [0.25, 0.3) is 0 Å². The number of hydrogen-bond acceptors (Lipinski definition) is 1. The van der Waals surface area contributed by atoms with Crippen molar-refractivity contribution in [1.82, 2.24) is 4.90 Å². The number of nitrogens with zero attached hydrogens (tertiary/aromatic N) is 1. The summed E-state index contributed by atoms with van der Waals surface area (Å²) in [6.07, 6.45) is 5.85. The molecule has 0 radical (unpaired) electrons. The minimum Gasteiger partial charge on any atom is -0.300 e. The van der Waals surface area contributed by atoms with E-state index in [4.69, 9.17) is 0 Å². The van der Waals surface area contributed by atoms with E-state index in [-0.39, 0.29) is 0 Å². The lowest BCUT2D eigenvalue weighted by molar-refractivity contribution is 0.111. The second kappa shape index (κ2) is 3.02. The summed E-state index contributed by atoms with van der Waals surface area (Å²) in [6.45, 7) is 4.77. The van der Waals surface area contributed by atoms with Crippen molar-refractivity contribution in [2.24, 2.45) is 11.8 Å². The molecule has 0 aromatic carbocycles. The van der Waals surface area contributed by atoms with E-state index in [1.165, 1.54) is 25.7 Å². The normalized spacial score (nSPS) is 42.5. The Morgan fingerprint density at radius 3 is 2.00 bits per heavy atom. The molecule has 70 valence electrons. The van der Waals surface area contributed by atoms with Gasteiger partial charge in [0.1, 0.15) is 0 Å². The molecule has 0 aromatic heterocycles. The molecule has 12 heavy (non-hydrogen) atoms. The van der Waals surface area contributed by atoms with Crippen LogP contribution in [0.2, 0.25) is 0 Å². The Morgan fingerprint density at radius 2 is 1.58 bits per heavy atom. The fourth-order valence-corrected chi connectivity index (χ4v) is 3.00. The third-order valence-electron chi connectivity index (χ3n) is 4.08. The van der Waals surface area contributed by atoms with E-state index in [2.05, 4.69) is 25.8 Å². The SMILES string of the molecule is CC(C)C1CC2CCC(C1)N2C. The highest BCUT2D eigenvalue weighted by molar-refractivity contribution is 4.93. The Balaban J connectivity index is 2.02. The molecule has 0 aromatic rings. The van der Waals surface area contributed by atoms with Gasteiger partial charge in [-0.1, -0.05) is 13.8 Å². The van der Waals surface area contributed by atoms with Crippen molar-refractivity contribution >= 4 is 0 Å². The molecular formula is C11H21N. The summed E-state index contributed by atoms with van der Waals surface area (Å²) in [5, 5.41) is 0. The van der Waals surface area contributed by atoms with Gasteiger partial charge in [0, 0.05) is 12.1 Å². The molecule has 2 aliphatic rings. The average molecular weight is 167 g/mol. The molecule has 2 saturated heterocycles. The van der Waals surface area contributed by atoms with Gasteiger partial charge in [0.05, 0.1) is 0 Å². The molecule has 0 amide bonds. The van der Waals surface area contributed by atoms with Crippen molar-refractivity contribution in [3.8, 4) is 0 Å². The van der Waals surface area contributed by atoms with E-state index in [1.54, 1.807) is 0 Å². The quantitative estimate of drug-likeness (QED) is 0.580. The minimum atomic E-state index is 0.904. The standard InChI is InChI=1S/C11H21N/c1-8(2)9-6-10-4-5-11(7-9)12(10)3/h8-11H,4-7H2,1-3H3. The predicted molar refractivity (Wildman–Crippen MR) is 52.1 cm³/mol. The van der Waals surface area contributed by atoms with Crippen LogP contribution in [-0.2, 0) is 0 Å². The first-order valence-corrected chi connectivity index (χ1v) is 5.40. The van der Waals surface area contributed by atoms with Gasteiger partial charge in [-0.3, -0.25) is 0 Å². The van der Waals surface area contributed by atoms with Crippen LogP contribution < -0.4 is 0 Å². The maximum atomic E-state index is 2.62. The zero-order valence-corrected chi connectivity index (χ0v) is 8.59. The lowest BCUT2D eigenvalue weighted by Gasteiger charge is -2.38. The zero-order chi connectivity index (χ0) is 8.72. The summed E-state index contributed by atoms with van der Waals surface area (Å²) >= 11 is 0. The first kappa shape index (κ1) is 8.55. The van der Waals surface area contributed by atoms with Crippen LogP contribution >= 0.6 is 0 Å². The second-order valence-corrected chi connectivity index (χ2v) is 5.03. The molecule has 0 spiro atoms. The van der Waals surface area contributed by atoms with Gasteiger partial charge in [-0.25, -0.2) is 0 Å². The molecule has 0 aliphatic carbocycles. The van der Waals surface area contributed by atoms with Crippen molar-refractivity contribution in [2.75, 3.05) is 7.05 Å². The highest BCUT2D eigenvalue weighted by atomic mass is 15.2. The molecule has 1 heteroatoms. The topological polar surface area (TPSA) is 3.24 Å². The average Bonchev–Trinajstić information content (AvgIpc) is 2.30. The predicted octanol–water partition coefficient (Wildman–Crippen LogP) is 2.52. The Hall–Kier alpha value is -0.0400. The molecule has 2 aliphatic heterocycles. The van der Waals surface area contributed by atoms with Gasteiger partial charge < -0.3 is 4.90 Å². The molecule has 2 rings (SSSR count). The number of fused-ring (bicyclic) bond motifs is 2. The monoisotopic (exact) mass is 167 g/mol. The van der Waals surface area contributed by atoms with Crippen LogP contribution in [0.4, 0.5) is 0 Å². The fourth-order valence-electron chi connectivity index (χ4n) is 3.00. The summed E-state index contributed by atoms with van der Waals surface area (Å²) in [5.41, 5.74) is 0. The Labute approximate surface area is 76.1 Å². The van der Waals surface area contributed by atoms with Crippen LogP contribution in [0, 0.1) is 11.8 Å². The van der Waals surface area contributed by atoms with Crippen LogP contribution in [0.3, 0.4) is 0 Å². The summed E-state index contributed by atoms with van der Waals surface area (Å²) in [4.78, 5) is 2.62. The first-order valence-electron chi connectivity index (χ1n) is 5.40. The van der Waals surface area contributed by atoms with Crippen molar-refractivity contribution in [3.05, 3.63) is 0 Å². The fraction of sp³-hybridized carbons (Fsp3) is 1.00. The third kappa shape index (κ3) is 1.28. The molecule has 2 atom stereocenters. The molecule has 2 heterocycles. The highest BCUT2D eigenvalue weighted by Gasteiger charge is 2.38. The van der Waals surface area contributed by atoms with Crippen molar-refractivity contribution in [2.45, 2.75) is 51.6 Å². The lowest BCUT2D eigenvalue weighted by Crippen LogP contribution is -2.41. The minimum absolute atomic E-state index is 0.904. The number of piperidine rings is 1. The molecule has 2 fully saturated rings. The maximum absolute atomic E-state index is 2.62. The van der Waals surface area contributed by atoms with E-state index in [1.807, 2.05) is 0 Å². The van der Waals surface area contributed by atoms with Gasteiger partial charge in [-0.05, 0) is 44.6 Å². The van der Waals surface area contributed by atoms with Gasteiger partial charge in [0.2, 0.25) is 0 Å². The lowest BCUT2D eigenvalue weighted by atomic mass is 9.83. The van der Waals surface area contributed by atoms with E-state index < -0.39 is 0 Å². The van der Waals surface area contributed by atoms with Crippen LogP contribution in [0.5, 0.6) is 0 Å². The van der Waals surface area contributed by atoms with Crippen molar-refractivity contribution < 1.29 is 0 Å². The van der Waals surface area contributed by atoms with E-state index in [9.17, 15) is 0 Å². The molecule has 1 nitrogen and oxygen atoms in total. The molecule has 2 bridgehead atoms. The number of hydrogen-bond donors (Lipinski definition) is 0. The molecule has 2 unspecified atom stereocenters. The van der Waals surface area contributed by atoms with Crippen molar-refractivity contribution in [3.63, 3.8) is 0 Å². The highest BCUT2D eigenvalue weighted by Crippen LogP contribution is 2.39. The van der Waals surface area contributed by atoms with Crippen LogP contribution in [0.1, 0.15) is 39.5 Å². The smallest absolute Gasteiger partial charge is 0.00984 e. The summed E-state index contributed by atoms with van der Waals surface area (Å²) in [5.74, 6) is 1.92. The summed E-state index contributed by atoms with van der Waals surface area (Å²) < 4.78 is 0. The van der Waals surface area contributed by atoms with Crippen LogP contribution in [0.15, 0.2) is 0 Å². The third-order valence-corrected chi connectivity index (χ3v) is 4.08. The van der Waals surface area contributed by atoms with Gasteiger partial charge in [0.25, 0.3) is 0 Å². The maximum Gasteiger partial charge on any atom is 0.00984 e. The van der Waals surface area contributed by atoms with E-state index in [0.717, 1.165) is 23.9 Å². The number of rotatable bonds is 1. The zero-order valence-electron chi connectivity index (χ0n) is 8.59. The largest absolute Gasteiger partial charge is 0.300 e. The summed E-state index contributed by atoms with van der Waals surface area (Å²) in [6, 6.07) is 1.85. The Bertz CT molecular complexity index is 150.